The van der Waals surface area contributed by atoms with Crippen LogP contribution in [0.25, 0.3) is 0 Å². The van der Waals surface area contributed by atoms with Crippen LogP contribution in [0.2, 0.25) is 0 Å². The SMILES string of the molecule is CCCNC1CCN(CCC)C(=O)C1. The molecule has 1 N–H and O–H groups in total. The summed E-state index contributed by atoms with van der Waals surface area (Å²) in [6.07, 6.45) is 4.02. The second-order valence-electron chi connectivity index (χ2n) is 4.02. The fraction of sp³-hybridized carbons (Fsp3) is 0.909. The third-order valence-electron chi connectivity index (χ3n) is 2.70. The molecule has 1 fully saturated rings. The zero-order valence-electron chi connectivity index (χ0n) is 9.38. The van der Waals surface area contributed by atoms with Crippen molar-refractivity contribution < 1.29 is 4.79 Å². The Labute approximate surface area is 86.9 Å². The molecule has 1 aliphatic heterocycles. The monoisotopic (exact) mass is 198 g/mol. The van der Waals surface area contributed by atoms with E-state index in [1.54, 1.807) is 0 Å². The van der Waals surface area contributed by atoms with Gasteiger partial charge in [-0.2, -0.15) is 0 Å². The molecule has 0 radical (unpaired) electrons. The molecule has 0 saturated carbocycles. The minimum atomic E-state index is 0.326. The highest BCUT2D eigenvalue weighted by molar-refractivity contribution is 5.77. The Bertz CT molecular complexity index is 182. The number of hydrogen-bond donors (Lipinski definition) is 1. The van der Waals surface area contributed by atoms with E-state index in [9.17, 15) is 4.79 Å². The van der Waals surface area contributed by atoms with Crippen LogP contribution in [0.1, 0.15) is 39.5 Å². The lowest BCUT2D eigenvalue weighted by molar-refractivity contribution is -0.134. The molecule has 0 aromatic carbocycles. The van der Waals surface area contributed by atoms with E-state index in [4.69, 9.17) is 0 Å². The summed E-state index contributed by atoms with van der Waals surface area (Å²) in [6, 6.07) is 0.426. The highest BCUT2D eigenvalue weighted by atomic mass is 16.2. The van der Waals surface area contributed by atoms with Gasteiger partial charge in [0.25, 0.3) is 0 Å². The zero-order valence-corrected chi connectivity index (χ0v) is 9.38. The van der Waals surface area contributed by atoms with Crippen LogP contribution in [0.5, 0.6) is 0 Å². The minimum Gasteiger partial charge on any atom is -0.343 e. The largest absolute Gasteiger partial charge is 0.343 e. The van der Waals surface area contributed by atoms with Crippen LogP contribution in [0.4, 0.5) is 0 Å². The van der Waals surface area contributed by atoms with Crippen LogP contribution in [0.3, 0.4) is 0 Å². The Kier molecular flexibility index (Phi) is 4.94. The third kappa shape index (κ3) is 3.29. The number of likely N-dealkylation sites (tertiary alicyclic amines) is 1. The summed E-state index contributed by atoms with van der Waals surface area (Å²) in [7, 11) is 0. The van der Waals surface area contributed by atoms with E-state index in [2.05, 4.69) is 19.2 Å². The first kappa shape index (κ1) is 11.5. The second kappa shape index (κ2) is 6.02. The molecule has 14 heavy (non-hydrogen) atoms. The molecular formula is C11H22N2O. The van der Waals surface area contributed by atoms with Crippen molar-refractivity contribution in [2.24, 2.45) is 0 Å². The summed E-state index contributed by atoms with van der Waals surface area (Å²) in [5.74, 6) is 0.326. The van der Waals surface area contributed by atoms with Gasteiger partial charge in [0.1, 0.15) is 0 Å². The van der Waals surface area contributed by atoms with Crippen LogP contribution < -0.4 is 5.32 Å². The van der Waals surface area contributed by atoms with E-state index in [0.717, 1.165) is 38.9 Å². The summed E-state index contributed by atoms with van der Waals surface area (Å²) in [4.78, 5) is 13.6. The molecule has 1 amide bonds. The fourth-order valence-corrected chi connectivity index (χ4v) is 1.91. The van der Waals surface area contributed by atoms with Crippen LogP contribution in [0.15, 0.2) is 0 Å². The van der Waals surface area contributed by atoms with Gasteiger partial charge in [0, 0.05) is 25.6 Å². The van der Waals surface area contributed by atoms with E-state index in [0.29, 0.717) is 18.4 Å². The maximum atomic E-state index is 11.6. The number of carbonyl (C=O) groups is 1. The van der Waals surface area contributed by atoms with E-state index in [1.807, 2.05) is 4.90 Å². The summed E-state index contributed by atoms with van der Waals surface area (Å²) < 4.78 is 0. The lowest BCUT2D eigenvalue weighted by Crippen LogP contribution is -2.46. The summed E-state index contributed by atoms with van der Waals surface area (Å²) in [5, 5.41) is 3.42. The predicted molar refractivity (Wildman–Crippen MR) is 58.2 cm³/mol. The molecule has 3 heteroatoms. The van der Waals surface area contributed by atoms with Gasteiger partial charge in [-0.3, -0.25) is 4.79 Å². The maximum Gasteiger partial charge on any atom is 0.224 e. The van der Waals surface area contributed by atoms with Crippen molar-refractivity contribution in [3.63, 3.8) is 0 Å². The standard InChI is InChI=1S/C11H22N2O/c1-3-6-12-10-5-8-13(7-4-2)11(14)9-10/h10,12H,3-9H2,1-2H3. The molecular weight excluding hydrogens is 176 g/mol. The van der Waals surface area contributed by atoms with Crippen molar-refractivity contribution in [2.75, 3.05) is 19.6 Å². The molecule has 1 atom stereocenters. The average molecular weight is 198 g/mol. The Morgan fingerprint density at radius 3 is 2.79 bits per heavy atom. The lowest BCUT2D eigenvalue weighted by atomic mass is 10.0. The molecule has 0 bridgehead atoms. The van der Waals surface area contributed by atoms with Crippen molar-refractivity contribution in [1.82, 2.24) is 10.2 Å². The highest BCUT2D eigenvalue weighted by Gasteiger charge is 2.24. The normalized spacial score (nSPS) is 22.9. The van der Waals surface area contributed by atoms with Crippen molar-refractivity contribution in [2.45, 2.75) is 45.6 Å². The first-order valence-electron chi connectivity index (χ1n) is 5.79. The molecule has 0 spiro atoms. The lowest BCUT2D eigenvalue weighted by Gasteiger charge is -2.32. The summed E-state index contributed by atoms with van der Waals surface area (Å²) in [6.45, 7) is 7.18. The van der Waals surface area contributed by atoms with Gasteiger partial charge in [-0.15, -0.1) is 0 Å². The van der Waals surface area contributed by atoms with Crippen molar-refractivity contribution >= 4 is 5.91 Å². The van der Waals surface area contributed by atoms with E-state index < -0.39 is 0 Å². The minimum absolute atomic E-state index is 0.326. The quantitative estimate of drug-likeness (QED) is 0.724. The number of hydrogen-bond acceptors (Lipinski definition) is 2. The topological polar surface area (TPSA) is 32.3 Å². The number of amides is 1. The van der Waals surface area contributed by atoms with Crippen LogP contribution in [-0.2, 0) is 4.79 Å². The van der Waals surface area contributed by atoms with E-state index in [-0.39, 0.29) is 0 Å². The molecule has 1 aliphatic rings. The molecule has 1 heterocycles. The predicted octanol–water partition coefficient (Wildman–Crippen LogP) is 1.39. The van der Waals surface area contributed by atoms with Crippen molar-refractivity contribution in [3.8, 4) is 0 Å². The van der Waals surface area contributed by atoms with Gasteiger partial charge in [-0.25, -0.2) is 0 Å². The van der Waals surface area contributed by atoms with Gasteiger partial charge >= 0.3 is 0 Å². The van der Waals surface area contributed by atoms with Crippen LogP contribution in [-0.4, -0.2) is 36.5 Å². The zero-order chi connectivity index (χ0) is 10.4. The number of nitrogens with one attached hydrogen (secondary N) is 1. The Morgan fingerprint density at radius 1 is 1.43 bits per heavy atom. The van der Waals surface area contributed by atoms with Gasteiger partial charge in [-0.05, 0) is 25.8 Å². The molecule has 82 valence electrons. The summed E-state index contributed by atoms with van der Waals surface area (Å²) >= 11 is 0. The van der Waals surface area contributed by atoms with Crippen molar-refractivity contribution in [1.29, 1.82) is 0 Å². The molecule has 1 saturated heterocycles. The number of nitrogens with zero attached hydrogens (tertiary/aromatic N) is 1. The number of piperidine rings is 1. The van der Waals surface area contributed by atoms with Gasteiger partial charge in [0.15, 0.2) is 0 Å². The van der Waals surface area contributed by atoms with E-state index >= 15 is 0 Å². The van der Waals surface area contributed by atoms with Gasteiger partial charge < -0.3 is 10.2 Å². The molecule has 1 rings (SSSR count). The second-order valence-corrected chi connectivity index (χ2v) is 4.02. The fourth-order valence-electron chi connectivity index (χ4n) is 1.91. The Hall–Kier alpha value is -0.570. The van der Waals surface area contributed by atoms with Gasteiger partial charge in [0.2, 0.25) is 5.91 Å². The first-order valence-corrected chi connectivity index (χ1v) is 5.79. The maximum absolute atomic E-state index is 11.6. The van der Waals surface area contributed by atoms with Crippen molar-refractivity contribution in [3.05, 3.63) is 0 Å². The number of rotatable bonds is 5. The smallest absolute Gasteiger partial charge is 0.224 e. The Balaban J connectivity index is 2.27. The van der Waals surface area contributed by atoms with Crippen LogP contribution in [0, 0.1) is 0 Å². The third-order valence-corrected chi connectivity index (χ3v) is 2.70. The molecule has 0 aromatic rings. The molecule has 3 nitrogen and oxygen atoms in total. The average Bonchev–Trinajstić information content (AvgIpc) is 2.19. The summed E-state index contributed by atoms with van der Waals surface area (Å²) in [5.41, 5.74) is 0. The van der Waals surface area contributed by atoms with Gasteiger partial charge in [0.05, 0.1) is 0 Å². The molecule has 0 aliphatic carbocycles. The number of carbonyl (C=O) groups excluding carboxylic acids is 1. The Morgan fingerprint density at radius 2 is 2.21 bits per heavy atom. The molecule has 1 unspecified atom stereocenters. The van der Waals surface area contributed by atoms with Crippen LogP contribution >= 0.6 is 0 Å². The first-order chi connectivity index (χ1) is 6.77. The van der Waals surface area contributed by atoms with E-state index in [1.165, 1.54) is 0 Å². The highest BCUT2D eigenvalue weighted by Crippen LogP contribution is 2.11. The molecule has 0 aromatic heterocycles. The van der Waals surface area contributed by atoms with Gasteiger partial charge in [-0.1, -0.05) is 13.8 Å².